The molecule has 1 atom stereocenters. The van der Waals surface area contributed by atoms with Gasteiger partial charge in [-0.05, 0) is 47.7 Å². The maximum absolute atomic E-state index is 4.33. The highest BCUT2D eigenvalue weighted by Crippen LogP contribution is 2.07. The molecule has 0 aromatic carbocycles. The molecule has 4 nitrogen and oxygen atoms in total. The minimum atomic E-state index is 0.122. The quantitative estimate of drug-likeness (QED) is 0.868. The van der Waals surface area contributed by atoms with Gasteiger partial charge in [-0.2, -0.15) is 0 Å². The normalized spacial score (nSPS) is 12.4. The Bertz CT molecular complexity index is 458. The van der Waals surface area contributed by atoms with E-state index in [1.165, 1.54) is 0 Å². The van der Waals surface area contributed by atoms with Crippen LogP contribution >= 0.6 is 22.6 Å². The van der Waals surface area contributed by atoms with Crippen molar-refractivity contribution in [2.75, 3.05) is 0 Å². The lowest BCUT2D eigenvalue weighted by Crippen LogP contribution is -2.20. The van der Waals surface area contributed by atoms with Gasteiger partial charge >= 0.3 is 0 Å². The molecule has 2 aromatic rings. The van der Waals surface area contributed by atoms with Crippen molar-refractivity contribution in [1.29, 1.82) is 0 Å². The Morgan fingerprint density at radius 1 is 1.24 bits per heavy atom. The highest BCUT2D eigenvalue weighted by atomic mass is 127. The Hall–Kier alpha value is -1.08. The van der Waals surface area contributed by atoms with Gasteiger partial charge in [0.05, 0.1) is 11.7 Å². The summed E-state index contributed by atoms with van der Waals surface area (Å²) in [6.07, 6.45) is 5.37. The molecule has 0 spiro atoms. The maximum Gasteiger partial charge on any atom is 0.144 e. The lowest BCUT2D eigenvalue weighted by molar-refractivity contribution is 0.540. The van der Waals surface area contributed by atoms with Gasteiger partial charge in [-0.25, -0.2) is 9.97 Å². The molecule has 2 rings (SSSR count). The maximum atomic E-state index is 4.33. The van der Waals surface area contributed by atoms with Crippen molar-refractivity contribution in [3.8, 4) is 0 Å². The van der Waals surface area contributed by atoms with Gasteiger partial charge in [0.1, 0.15) is 5.82 Å². The second kappa shape index (κ2) is 6.02. The third-order valence-electron chi connectivity index (χ3n) is 2.35. The van der Waals surface area contributed by atoms with Crippen LogP contribution in [0.5, 0.6) is 0 Å². The van der Waals surface area contributed by atoms with Gasteiger partial charge < -0.3 is 5.32 Å². The van der Waals surface area contributed by atoms with Crippen LogP contribution in [0, 0.1) is 3.57 Å². The summed E-state index contributed by atoms with van der Waals surface area (Å²) in [5.41, 5.74) is 1.02. The van der Waals surface area contributed by atoms with Gasteiger partial charge in [-0.15, -0.1) is 0 Å². The van der Waals surface area contributed by atoms with Gasteiger partial charge in [0.15, 0.2) is 0 Å². The van der Waals surface area contributed by atoms with Crippen LogP contribution in [-0.4, -0.2) is 15.0 Å². The van der Waals surface area contributed by atoms with Crippen molar-refractivity contribution in [2.45, 2.75) is 19.5 Å². The Kier molecular flexibility index (Phi) is 4.38. The molecule has 0 saturated carbocycles. The average molecular weight is 340 g/mol. The molecule has 5 heteroatoms. The fraction of sp³-hybridized carbons (Fsp3) is 0.250. The lowest BCUT2D eigenvalue weighted by Gasteiger charge is -2.11. The second-order valence-corrected chi connectivity index (χ2v) is 4.92. The number of nitrogens with one attached hydrogen (secondary N) is 1. The first-order chi connectivity index (χ1) is 8.25. The zero-order chi connectivity index (χ0) is 12.1. The van der Waals surface area contributed by atoms with E-state index in [1.807, 2.05) is 31.3 Å². The van der Waals surface area contributed by atoms with E-state index in [0.29, 0.717) is 0 Å². The predicted molar refractivity (Wildman–Crippen MR) is 74.2 cm³/mol. The molecule has 0 bridgehead atoms. The molecule has 0 fully saturated rings. The van der Waals surface area contributed by atoms with Crippen LogP contribution < -0.4 is 5.32 Å². The zero-order valence-corrected chi connectivity index (χ0v) is 11.6. The van der Waals surface area contributed by atoms with Crippen LogP contribution in [0.4, 0.5) is 0 Å². The molecule has 0 aliphatic heterocycles. The largest absolute Gasteiger partial charge is 0.302 e. The smallest absolute Gasteiger partial charge is 0.144 e. The Morgan fingerprint density at radius 3 is 2.65 bits per heavy atom. The first-order valence-electron chi connectivity index (χ1n) is 5.36. The minimum absolute atomic E-state index is 0.122. The van der Waals surface area contributed by atoms with Crippen molar-refractivity contribution in [3.05, 3.63) is 51.9 Å². The average Bonchev–Trinajstić information content (AvgIpc) is 2.39. The number of rotatable bonds is 4. The van der Waals surface area contributed by atoms with Crippen LogP contribution in [0.2, 0.25) is 0 Å². The third-order valence-corrected chi connectivity index (χ3v) is 2.99. The predicted octanol–water partition coefficient (Wildman–Crippen LogP) is 2.33. The molecule has 2 heterocycles. The second-order valence-electron chi connectivity index (χ2n) is 3.68. The highest BCUT2D eigenvalue weighted by molar-refractivity contribution is 14.1. The van der Waals surface area contributed by atoms with Crippen LogP contribution in [0.3, 0.4) is 0 Å². The Morgan fingerprint density at radius 2 is 2.00 bits per heavy atom. The fourth-order valence-electron chi connectivity index (χ4n) is 1.39. The summed E-state index contributed by atoms with van der Waals surface area (Å²) in [5, 5.41) is 3.34. The van der Waals surface area contributed by atoms with Gasteiger partial charge in [0, 0.05) is 28.7 Å². The lowest BCUT2D eigenvalue weighted by atomic mass is 10.3. The van der Waals surface area contributed by atoms with E-state index in [2.05, 4.69) is 42.9 Å². The molecule has 0 saturated heterocycles. The molecule has 88 valence electrons. The van der Waals surface area contributed by atoms with E-state index in [1.54, 1.807) is 12.4 Å². The summed E-state index contributed by atoms with van der Waals surface area (Å²) in [6, 6.07) is 6.01. The molecule has 1 N–H and O–H groups in total. The van der Waals surface area contributed by atoms with E-state index >= 15 is 0 Å². The van der Waals surface area contributed by atoms with Crippen LogP contribution in [0.25, 0.3) is 0 Å². The van der Waals surface area contributed by atoms with E-state index < -0.39 is 0 Å². The van der Waals surface area contributed by atoms with Crippen molar-refractivity contribution in [1.82, 2.24) is 20.3 Å². The number of pyridine rings is 1. The van der Waals surface area contributed by atoms with Gasteiger partial charge in [0.2, 0.25) is 0 Å². The third kappa shape index (κ3) is 3.71. The summed E-state index contributed by atoms with van der Waals surface area (Å²) in [4.78, 5) is 12.8. The number of hydrogen-bond donors (Lipinski definition) is 1. The number of nitrogens with zero attached hydrogens (tertiary/aromatic N) is 3. The van der Waals surface area contributed by atoms with E-state index in [9.17, 15) is 0 Å². The Labute approximate surface area is 114 Å². The molecule has 1 unspecified atom stereocenters. The SMILES string of the molecule is CC(NCc1ccc(I)cn1)c1ncccn1. The molecule has 0 amide bonds. The fourth-order valence-corrected chi connectivity index (χ4v) is 1.71. The molecule has 2 aromatic heterocycles. The molecule has 0 aliphatic rings. The number of aromatic nitrogens is 3. The summed E-state index contributed by atoms with van der Waals surface area (Å²) >= 11 is 2.24. The topological polar surface area (TPSA) is 50.7 Å². The Balaban J connectivity index is 1.92. The molecular weight excluding hydrogens is 327 g/mol. The van der Waals surface area contributed by atoms with Crippen LogP contribution in [0.1, 0.15) is 24.5 Å². The minimum Gasteiger partial charge on any atom is -0.302 e. The van der Waals surface area contributed by atoms with Gasteiger partial charge in [-0.1, -0.05) is 0 Å². The molecule has 0 aliphatic carbocycles. The number of halogens is 1. The molecule has 0 radical (unpaired) electrons. The van der Waals surface area contributed by atoms with Crippen molar-refractivity contribution in [2.24, 2.45) is 0 Å². The standard InChI is InChI=1S/C12H13IN4/c1-9(12-14-5-2-6-15-12)16-8-11-4-3-10(13)7-17-11/h2-7,9,16H,8H2,1H3. The van der Waals surface area contributed by atoms with Gasteiger partial charge in [0.25, 0.3) is 0 Å². The summed E-state index contributed by atoms with van der Waals surface area (Å²) in [5.74, 6) is 0.804. The van der Waals surface area contributed by atoms with E-state index in [0.717, 1.165) is 21.6 Å². The van der Waals surface area contributed by atoms with Crippen molar-refractivity contribution < 1.29 is 0 Å². The first kappa shape index (κ1) is 12.4. The highest BCUT2D eigenvalue weighted by Gasteiger charge is 2.06. The summed E-state index contributed by atoms with van der Waals surface area (Å²) in [6.45, 7) is 2.76. The molecular formula is C12H13IN4. The summed E-state index contributed by atoms with van der Waals surface area (Å²) in [7, 11) is 0. The van der Waals surface area contributed by atoms with Crippen LogP contribution in [0.15, 0.2) is 36.8 Å². The van der Waals surface area contributed by atoms with Crippen LogP contribution in [-0.2, 0) is 6.54 Å². The first-order valence-corrected chi connectivity index (χ1v) is 6.44. The zero-order valence-electron chi connectivity index (χ0n) is 9.47. The number of hydrogen-bond acceptors (Lipinski definition) is 4. The van der Waals surface area contributed by atoms with Crippen molar-refractivity contribution in [3.63, 3.8) is 0 Å². The molecule has 17 heavy (non-hydrogen) atoms. The van der Waals surface area contributed by atoms with Crippen molar-refractivity contribution >= 4 is 22.6 Å². The summed E-state index contributed by atoms with van der Waals surface area (Å²) < 4.78 is 1.14. The monoisotopic (exact) mass is 340 g/mol. The van der Waals surface area contributed by atoms with E-state index in [4.69, 9.17) is 0 Å². The van der Waals surface area contributed by atoms with Gasteiger partial charge in [-0.3, -0.25) is 4.98 Å². The van der Waals surface area contributed by atoms with E-state index in [-0.39, 0.29) is 6.04 Å².